The van der Waals surface area contributed by atoms with Crippen molar-refractivity contribution < 1.29 is 9.59 Å². The quantitative estimate of drug-likeness (QED) is 0.391. The molecule has 0 bridgehead atoms. The van der Waals surface area contributed by atoms with Crippen molar-refractivity contribution in [3.8, 4) is 0 Å². The number of carbonyl (C=O) groups is 2. The minimum absolute atomic E-state index is 0.155. The van der Waals surface area contributed by atoms with Crippen LogP contribution in [0.1, 0.15) is 25.0 Å². The summed E-state index contributed by atoms with van der Waals surface area (Å²) in [5.74, 6) is 1.22. The number of nitrogens with one attached hydrogen (secondary N) is 2. The Labute approximate surface area is 178 Å². The predicted octanol–water partition coefficient (Wildman–Crippen LogP) is 3.89. The summed E-state index contributed by atoms with van der Waals surface area (Å²) in [4.78, 5) is 22.1. The molecule has 0 aliphatic rings. The molecule has 0 saturated carbocycles. The molecular formula is C16H16N6O2S4. The number of hydrogen-bond acceptors (Lipinski definition) is 10. The van der Waals surface area contributed by atoms with Crippen LogP contribution in [0.5, 0.6) is 0 Å². The zero-order valence-electron chi connectivity index (χ0n) is 15.0. The zero-order chi connectivity index (χ0) is 19.9. The van der Waals surface area contributed by atoms with Gasteiger partial charge in [-0.2, -0.15) is 0 Å². The van der Waals surface area contributed by atoms with Crippen LogP contribution in [0.25, 0.3) is 0 Å². The summed E-state index contributed by atoms with van der Waals surface area (Å²) in [6.45, 7) is 2.89. The van der Waals surface area contributed by atoms with Crippen LogP contribution in [0.3, 0.4) is 0 Å². The van der Waals surface area contributed by atoms with Crippen LogP contribution >= 0.6 is 46.2 Å². The Morgan fingerprint density at radius 3 is 1.75 bits per heavy atom. The number of thioether (sulfide) groups is 2. The Kier molecular flexibility index (Phi) is 7.36. The van der Waals surface area contributed by atoms with Crippen LogP contribution in [0.4, 0.5) is 10.3 Å². The lowest BCUT2D eigenvalue weighted by atomic mass is 10.2. The molecule has 3 aromatic rings. The Hall–Kier alpha value is -2.02. The van der Waals surface area contributed by atoms with Gasteiger partial charge in [0.2, 0.25) is 22.1 Å². The first-order chi connectivity index (χ1) is 13.5. The molecule has 2 aromatic heterocycles. The molecule has 8 nitrogen and oxygen atoms in total. The van der Waals surface area contributed by atoms with E-state index in [1.165, 1.54) is 47.6 Å². The van der Waals surface area contributed by atoms with Crippen LogP contribution in [0, 0.1) is 0 Å². The lowest BCUT2D eigenvalue weighted by molar-refractivity contribution is -0.115. The van der Waals surface area contributed by atoms with Gasteiger partial charge in [-0.1, -0.05) is 70.5 Å². The van der Waals surface area contributed by atoms with Gasteiger partial charge in [0.1, 0.15) is 0 Å². The molecule has 0 unspecified atom stereocenters. The average molecular weight is 453 g/mol. The van der Waals surface area contributed by atoms with Crippen molar-refractivity contribution in [3.05, 3.63) is 35.4 Å². The third-order valence-electron chi connectivity index (χ3n) is 3.09. The number of anilines is 2. The summed E-state index contributed by atoms with van der Waals surface area (Å²) in [5.41, 5.74) is 2.35. The van der Waals surface area contributed by atoms with E-state index in [9.17, 15) is 9.59 Å². The standard InChI is InChI=1S/C16H16N6O2S4/c1-9(23)17-13-19-21-15(27-13)25-7-11-4-3-5-12(6-11)8-26-16-22-20-14(28-16)18-10(2)24/h3-6H,7-8H2,1-2H3,(H,17,19,23)(H,18,20,24). The minimum Gasteiger partial charge on any atom is -0.301 e. The molecule has 2 amide bonds. The maximum atomic E-state index is 11.0. The average Bonchev–Trinajstić information content (AvgIpc) is 3.27. The van der Waals surface area contributed by atoms with Gasteiger partial charge in [0.05, 0.1) is 0 Å². The van der Waals surface area contributed by atoms with Crippen molar-refractivity contribution in [3.63, 3.8) is 0 Å². The molecule has 1 aromatic carbocycles. The largest absolute Gasteiger partial charge is 0.301 e. The molecule has 0 spiro atoms. The maximum Gasteiger partial charge on any atom is 0.223 e. The van der Waals surface area contributed by atoms with Gasteiger partial charge in [-0.05, 0) is 11.1 Å². The molecular weight excluding hydrogens is 436 g/mol. The predicted molar refractivity (Wildman–Crippen MR) is 114 cm³/mol. The third-order valence-corrected chi connectivity index (χ3v) is 7.18. The molecule has 0 atom stereocenters. The zero-order valence-corrected chi connectivity index (χ0v) is 18.2. The van der Waals surface area contributed by atoms with Gasteiger partial charge in [0.15, 0.2) is 8.68 Å². The SMILES string of the molecule is CC(=O)Nc1nnc(SCc2cccc(CSc3nnc(NC(C)=O)s3)c2)s1. The van der Waals surface area contributed by atoms with E-state index in [0.717, 1.165) is 20.2 Å². The van der Waals surface area contributed by atoms with Gasteiger partial charge >= 0.3 is 0 Å². The van der Waals surface area contributed by atoms with Gasteiger partial charge in [0.25, 0.3) is 0 Å². The van der Waals surface area contributed by atoms with Crippen molar-refractivity contribution in [2.75, 3.05) is 10.6 Å². The number of nitrogens with zero attached hydrogens (tertiary/aromatic N) is 4. The Balaban J connectivity index is 1.52. The summed E-state index contributed by atoms with van der Waals surface area (Å²) < 4.78 is 1.62. The summed E-state index contributed by atoms with van der Waals surface area (Å²) >= 11 is 5.88. The van der Waals surface area contributed by atoms with Crippen LogP contribution in [-0.2, 0) is 21.1 Å². The smallest absolute Gasteiger partial charge is 0.223 e. The molecule has 0 saturated heterocycles. The topological polar surface area (TPSA) is 110 Å². The van der Waals surface area contributed by atoms with E-state index in [-0.39, 0.29) is 11.8 Å². The van der Waals surface area contributed by atoms with Gasteiger partial charge in [-0.15, -0.1) is 20.4 Å². The van der Waals surface area contributed by atoms with E-state index >= 15 is 0 Å². The van der Waals surface area contributed by atoms with Crippen LogP contribution in [0.2, 0.25) is 0 Å². The molecule has 0 fully saturated rings. The van der Waals surface area contributed by atoms with E-state index in [0.29, 0.717) is 10.3 Å². The summed E-state index contributed by atoms with van der Waals surface area (Å²) in [5, 5.41) is 22.3. The van der Waals surface area contributed by atoms with E-state index in [1.807, 2.05) is 6.07 Å². The molecule has 2 N–H and O–H groups in total. The lowest BCUT2D eigenvalue weighted by Gasteiger charge is -2.03. The molecule has 12 heteroatoms. The van der Waals surface area contributed by atoms with Gasteiger partial charge in [-0.3, -0.25) is 9.59 Å². The molecule has 0 radical (unpaired) electrons. The number of aromatic nitrogens is 4. The molecule has 146 valence electrons. The van der Waals surface area contributed by atoms with Crippen molar-refractivity contribution >= 4 is 68.3 Å². The molecule has 0 aliphatic heterocycles. The first kappa shape index (κ1) is 20.7. The van der Waals surface area contributed by atoms with Crippen LogP contribution in [0.15, 0.2) is 32.9 Å². The number of carbonyl (C=O) groups excluding carboxylic acids is 2. The second kappa shape index (κ2) is 9.96. The van der Waals surface area contributed by atoms with Gasteiger partial charge < -0.3 is 10.6 Å². The summed E-state index contributed by atoms with van der Waals surface area (Å²) in [6, 6.07) is 8.30. The third kappa shape index (κ3) is 6.55. The number of hydrogen-bond donors (Lipinski definition) is 2. The molecule has 28 heavy (non-hydrogen) atoms. The monoisotopic (exact) mass is 452 g/mol. The molecule has 3 rings (SSSR count). The fourth-order valence-corrected chi connectivity index (χ4v) is 5.52. The highest BCUT2D eigenvalue weighted by Crippen LogP contribution is 2.30. The maximum absolute atomic E-state index is 11.0. The summed E-state index contributed by atoms with van der Waals surface area (Å²) in [6.07, 6.45) is 0. The minimum atomic E-state index is -0.155. The second-order valence-corrected chi connectivity index (χ2v) is 9.91. The summed E-state index contributed by atoms with van der Waals surface area (Å²) in [7, 11) is 0. The van der Waals surface area contributed by atoms with Gasteiger partial charge in [-0.25, -0.2) is 0 Å². The highest BCUT2D eigenvalue weighted by molar-refractivity contribution is 8.00. The number of benzene rings is 1. The highest BCUT2D eigenvalue weighted by atomic mass is 32.2. The molecule has 2 heterocycles. The van der Waals surface area contributed by atoms with Crippen LogP contribution in [-0.4, -0.2) is 32.2 Å². The van der Waals surface area contributed by atoms with Crippen molar-refractivity contribution in [1.29, 1.82) is 0 Å². The van der Waals surface area contributed by atoms with Crippen molar-refractivity contribution in [2.24, 2.45) is 0 Å². The lowest BCUT2D eigenvalue weighted by Crippen LogP contribution is -2.04. The fraction of sp³-hybridized carbons (Fsp3) is 0.250. The van der Waals surface area contributed by atoms with E-state index < -0.39 is 0 Å². The Morgan fingerprint density at radius 2 is 1.32 bits per heavy atom. The van der Waals surface area contributed by atoms with Gasteiger partial charge in [0, 0.05) is 25.4 Å². The van der Waals surface area contributed by atoms with Crippen molar-refractivity contribution in [1.82, 2.24) is 20.4 Å². The van der Waals surface area contributed by atoms with E-state index in [4.69, 9.17) is 0 Å². The first-order valence-corrected chi connectivity index (χ1v) is 11.6. The van der Waals surface area contributed by atoms with Crippen LogP contribution < -0.4 is 10.6 Å². The fourth-order valence-electron chi connectivity index (χ4n) is 2.04. The Bertz CT molecular complexity index is 900. The highest BCUT2D eigenvalue weighted by Gasteiger charge is 2.08. The molecule has 0 aliphatic carbocycles. The second-order valence-electron chi connectivity index (χ2n) is 5.51. The van der Waals surface area contributed by atoms with E-state index in [2.05, 4.69) is 49.2 Å². The Morgan fingerprint density at radius 1 is 0.857 bits per heavy atom. The normalized spacial score (nSPS) is 10.6. The number of amides is 2. The number of rotatable bonds is 8. The van der Waals surface area contributed by atoms with Crippen molar-refractivity contribution in [2.45, 2.75) is 34.0 Å². The first-order valence-electron chi connectivity index (χ1n) is 8.03. The van der Waals surface area contributed by atoms with E-state index in [1.54, 1.807) is 23.5 Å².